The quantitative estimate of drug-likeness (QED) is 0.807. The predicted molar refractivity (Wildman–Crippen MR) is 72.3 cm³/mol. The number of nitrogens with one attached hydrogen (secondary N) is 2. The molecular weight excluding hydrogens is 230 g/mol. The van der Waals surface area contributed by atoms with Crippen molar-refractivity contribution < 1.29 is 9.53 Å². The van der Waals surface area contributed by atoms with Crippen molar-refractivity contribution in [3.05, 3.63) is 0 Å². The summed E-state index contributed by atoms with van der Waals surface area (Å²) in [6.07, 6.45) is 3.47. The monoisotopic (exact) mass is 257 g/mol. The van der Waals surface area contributed by atoms with E-state index in [2.05, 4.69) is 22.7 Å². The van der Waals surface area contributed by atoms with Crippen LogP contribution in [0, 0.1) is 0 Å². The van der Waals surface area contributed by atoms with E-state index in [9.17, 15) is 4.79 Å². The Morgan fingerprint density at radius 2 is 1.89 bits per heavy atom. The third-order valence-corrected chi connectivity index (χ3v) is 2.71. The van der Waals surface area contributed by atoms with Gasteiger partial charge in [0, 0.05) is 25.7 Å². The maximum Gasteiger partial charge on any atom is 0.407 e. The Bertz CT molecular complexity index is 257. The summed E-state index contributed by atoms with van der Waals surface area (Å²) >= 11 is 0. The number of carbonyl (C=O) groups is 1. The van der Waals surface area contributed by atoms with E-state index >= 15 is 0 Å². The molecule has 1 saturated heterocycles. The molecule has 1 amide bonds. The second kappa shape index (κ2) is 6.95. The lowest BCUT2D eigenvalue weighted by Gasteiger charge is -2.30. The molecule has 0 aliphatic carbocycles. The molecule has 5 nitrogen and oxygen atoms in total. The van der Waals surface area contributed by atoms with Crippen molar-refractivity contribution in [2.75, 3.05) is 19.6 Å². The highest BCUT2D eigenvalue weighted by Gasteiger charge is 2.17. The van der Waals surface area contributed by atoms with Crippen molar-refractivity contribution >= 4 is 6.09 Å². The number of ether oxygens (including phenoxy) is 1. The van der Waals surface area contributed by atoms with Crippen LogP contribution in [0.3, 0.4) is 0 Å². The van der Waals surface area contributed by atoms with Crippen LogP contribution in [0.2, 0.25) is 0 Å². The molecule has 0 bridgehead atoms. The zero-order chi connectivity index (χ0) is 13.6. The number of hydrazine groups is 1. The molecule has 0 spiro atoms. The van der Waals surface area contributed by atoms with Gasteiger partial charge in [-0.1, -0.05) is 6.42 Å². The van der Waals surface area contributed by atoms with Gasteiger partial charge in [-0.05, 0) is 40.5 Å². The maximum atomic E-state index is 11.5. The smallest absolute Gasteiger partial charge is 0.407 e. The molecule has 0 saturated carbocycles. The number of carbonyl (C=O) groups excluding carboxylic acids is 1. The van der Waals surface area contributed by atoms with E-state index < -0.39 is 5.60 Å². The van der Waals surface area contributed by atoms with Gasteiger partial charge in [0.25, 0.3) is 0 Å². The van der Waals surface area contributed by atoms with Crippen LogP contribution in [0.5, 0.6) is 0 Å². The van der Waals surface area contributed by atoms with Crippen LogP contribution < -0.4 is 10.7 Å². The van der Waals surface area contributed by atoms with Gasteiger partial charge in [-0.2, -0.15) is 0 Å². The topological polar surface area (TPSA) is 53.6 Å². The van der Waals surface area contributed by atoms with Crippen molar-refractivity contribution in [2.24, 2.45) is 0 Å². The number of alkyl carbamates (subject to hydrolysis) is 1. The third-order valence-electron chi connectivity index (χ3n) is 2.71. The minimum absolute atomic E-state index is 0.218. The molecule has 1 rings (SSSR count). The number of nitrogens with zero attached hydrogens (tertiary/aromatic N) is 1. The van der Waals surface area contributed by atoms with Gasteiger partial charge in [-0.15, -0.1) is 0 Å². The Morgan fingerprint density at radius 3 is 2.44 bits per heavy atom. The van der Waals surface area contributed by atoms with E-state index in [4.69, 9.17) is 4.74 Å². The van der Waals surface area contributed by atoms with E-state index in [-0.39, 0.29) is 12.1 Å². The standard InChI is InChI=1S/C13H27N3O2/c1-11(15-16-8-6-5-7-9-16)10-14-12(17)18-13(2,3)4/h11,15H,5-10H2,1-4H3,(H,14,17). The van der Waals surface area contributed by atoms with Crippen LogP contribution in [0.25, 0.3) is 0 Å². The molecule has 18 heavy (non-hydrogen) atoms. The second-order valence-electron chi connectivity index (χ2n) is 5.96. The molecule has 0 aromatic carbocycles. The lowest BCUT2D eigenvalue weighted by Crippen LogP contribution is -2.50. The lowest BCUT2D eigenvalue weighted by molar-refractivity contribution is 0.0511. The Balaban J connectivity index is 2.16. The lowest BCUT2D eigenvalue weighted by atomic mass is 10.2. The molecule has 0 radical (unpaired) electrons. The minimum Gasteiger partial charge on any atom is -0.444 e. The zero-order valence-electron chi connectivity index (χ0n) is 12.1. The SMILES string of the molecule is CC(CNC(=O)OC(C)(C)C)NN1CCCCC1. The Kier molecular flexibility index (Phi) is 5.88. The largest absolute Gasteiger partial charge is 0.444 e. The number of hydrogen-bond donors (Lipinski definition) is 2. The number of amides is 1. The van der Waals surface area contributed by atoms with Gasteiger partial charge in [-0.25, -0.2) is 9.80 Å². The number of hydrogen-bond acceptors (Lipinski definition) is 4. The van der Waals surface area contributed by atoms with Crippen LogP contribution in [0.4, 0.5) is 4.79 Å². The molecule has 2 N–H and O–H groups in total. The zero-order valence-corrected chi connectivity index (χ0v) is 12.1. The summed E-state index contributed by atoms with van der Waals surface area (Å²) in [7, 11) is 0. The van der Waals surface area contributed by atoms with Gasteiger partial charge in [0.05, 0.1) is 0 Å². The fourth-order valence-electron chi connectivity index (χ4n) is 1.93. The first kappa shape index (κ1) is 15.2. The van der Waals surface area contributed by atoms with Gasteiger partial charge in [-0.3, -0.25) is 5.43 Å². The Hall–Kier alpha value is -0.810. The Labute approximate surface area is 110 Å². The average molecular weight is 257 g/mol. The van der Waals surface area contributed by atoms with Crippen molar-refractivity contribution in [3.8, 4) is 0 Å². The van der Waals surface area contributed by atoms with E-state index in [0.717, 1.165) is 13.1 Å². The van der Waals surface area contributed by atoms with Gasteiger partial charge in [0.15, 0.2) is 0 Å². The van der Waals surface area contributed by atoms with E-state index in [1.165, 1.54) is 19.3 Å². The molecule has 1 unspecified atom stereocenters. The molecule has 5 heteroatoms. The van der Waals surface area contributed by atoms with Crippen LogP contribution in [-0.2, 0) is 4.74 Å². The van der Waals surface area contributed by atoms with Crippen molar-refractivity contribution in [2.45, 2.75) is 58.6 Å². The first-order valence-corrected chi connectivity index (χ1v) is 6.85. The summed E-state index contributed by atoms with van der Waals surface area (Å²) in [5.41, 5.74) is 2.96. The fraction of sp³-hybridized carbons (Fsp3) is 0.923. The highest BCUT2D eigenvalue weighted by molar-refractivity contribution is 5.67. The van der Waals surface area contributed by atoms with Crippen molar-refractivity contribution in [1.82, 2.24) is 15.8 Å². The highest BCUT2D eigenvalue weighted by Crippen LogP contribution is 2.07. The van der Waals surface area contributed by atoms with Crippen LogP contribution in [-0.4, -0.2) is 42.4 Å². The van der Waals surface area contributed by atoms with Crippen molar-refractivity contribution in [1.29, 1.82) is 0 Å². The number of rotatable bonds is 4. The van der Waals surface area contributed by atoms with Crippen LogP contribution in [0.1, 0.15) is 47.0 Å². The fourth-order valence-corrected chi connectivity index (χ4v) is 1.93. The molecule has 1 atom stereocenters. The molecular formula is C13H27N3O2. The summed E-state index contributed by atoms with van der Waals surface area (Å²) < 4.78 is 5.19. The molecule has 1 aliphatic rings. The summed E-state index contributed by atoms with van der Waals surface area (Å²) in [5.74, 6) is 0. The van der Waals surface area contributed by atoms with Gasteiger partial charge in [0.2, 0.25) is 0 Å². The predicted octanol–water partition coefficient (Wildman–Crippen LogP) is 1.89. The summed E-state index contributed by atoms with van der Waals surface area (Å²) in [5, 5.41) is 5.02. The van der Waals surface area contributed by atoms with Crippen LogP contribution >= 0.6 is 0 Å². The molecule has 0 aromatic rings. The molecule has 1 fully saturated rings. The summed E-state index contributed by atoms with van der Waals surface area (Å²) in [6.45, 7) is 10.4. The molecule has 1 aliphatic heterocycles. The first-order valence-electron chi connectivity index (χ1n) is 6.85. The second-order valence-corrected chi connectivity index (χ2v) is 5.96. The minimum atomic E-state index is -0.437. The average Bonchev–Trinajstić information content (AvgIpc) is 2.25. The number of piperidine rings is 1. The Morgan fingerprint density at radius 1 is 1.28 bits per heavy atom. The maximum absolute atomic E-state index is 11.5. The normalized spacial score (nSPS) is 19.3. The third kappa shape index (κ3) is 6.81. The summed E-state index contributed by atoms with van der Waals surface area (Å²) in [4.78, 5) is 11.5. The van der Waals surface area contributed by atoms with Crippen LogP contribution in [0.15, 0.2) is 0 Å². The van der Waals surface area contributed by atoms with Gasteiger partial charge < -0.3 is 10.1 Å². The van der Waals surface area contributed by atoms with Gasteiger partial charge >= 0.3 is 6.09 Å². The first-order chi connectivity index (χ1) is 8.37. The van der Waals surface area contributed by atoms with Crippen molar-refractivity contribution in [3.63, 3.8) is 0 Å². The van der Waals surface area contributed by atoms with E-state index in [1.807, 2.05) is 20.8 Å². The molecule has 1 heterocycles. The van der Waals surface area contributed by atoms with E-state index in [1.54, 1.807) is 0 Å². The highest BCUT2D eigenvalue weighted by atomic mass is 16.6. The van der Waals surface area contributed by atoms with E-state index in [0.29, 0.717) is 6.54 Å². The molecule has 106 valence electrons. The van der Waals surface area contributed by atoms with Gasteiger partial charge in [0.1, 0.15) is 5.60 Å². The summed E-state index contributed by atoms with van der Waals surface area (Å²) in [6, 6.07) is 0.218. The molecule has 0 aromatic heterocycles.